The van der Waals surface area contributed by atoms with Crippen molar-refractivity contribution in [3.05, 3.63) is 65.0 Å². The van der Waals surface area contributed by atoms with Crippen LogP contribution in [-0.2, 0) is 29.0 Å². The van der Waals surface area contributed by atoms with Crippen molar-refractivity contribution in [1.29, 1.82) is 0 Å². The van der Waals surface area contributed by atoms with Gasteiger partial charge in [0.15, 0.2) is 6.10 Å². The van der Waals surface area contributed by atoms with E-state index in [0.717, 1.165) is 0 Å². The van der Waals surface area contributed by atoms with Crippen molar-refractivity contribution in [1.82, 2.24) is 5.32 Å². The van der Waals surface area contributed by atoms with Gasteiger partial charge in [-0.1, -0.05) is 18.2 Å². The Morgan fingerprint density at radius 3 is 2.48 bits per heavy atom. The largest absolute Gasteiger partial charge is 2.00 e. The predicted octanol–water partition coefficient (Wildman–Crippen LogP) is 2.73. The van der Waals surface area contributed by atoms with Gasteiger partial charge >= 0.3 is 25.2 Å². The summed E-state index contributed by atoms with van der Waals surface area (Å²) in [6.07, 6.45) is 2.69. The molecule has 1 N–H and O–H groups in total. The van der Waals surface area contributed by atoms with Crippen molar-refractivity contribution in [2.75, 3.05) is 13.2 Å². The van der Waals surface area contributed by atoms with Crippen LogP contribution in [0, 0.1) is 0 Å². The molecule has 128 valence electrons. The van der Waals surface area contributed by atoms with Crippen LogP contribution in [-0.4, -0.2) is 35.7 Å². The molecule has 1 aliphatic carbocycles. The van der Waals surface area contributed by atoms with Crippen molar-refractivity contribution in [3.8, 4) is 0 Å². The molecule has 0 saturated heterocycles. The van der Waals surface area contributed by atoms with Crippen molar-refractivity contribution in [2.45, 2.75) is 20.0 Å². The van der Waals surface area contributed by atoms with E-state index in [1.54, 1.807) is 36.4 Å². The summed E-state index contributed by atoms with van der Waals surface area (Å²) in [7, 11) is 0. The Bertz CT molecular complexity index is 686. The molecule has 25 heavy (non-hydrogen) atoms. The number of rotatable bonds is 6. The second kappa shape index (κ2) is 11.7. The van der Waals surface area contributed by atoms with Crippen LogP contribution in [0.15, 0.2) is 53.9 Å². The summed E-state index contributed by atoms with van der Waals surface area (Å²) in [5.74, 6) is 0.183. The molecule has 1 unspecified atom stereocenters. The van der Waals surface area contributed by atoms with Crippen LogP contribution in [0.5, 0.6) is 0 Å². The van der Waals surface area contributed by atoms with Gasteiger partial charge in [0.25, 0.3) is 5.91 Å². The Hall–Kier alpha value is -1.78. The average Bonchev–Trinajstić information content (AvgIpc) is 2.58. The Morgan fingerprint density at radius 2 is 1.92 bits per heavy atom. The zero-order valence-corrected chi connectivity index (χ0v) is 18.1. The van der Waals surface area contributed by atoms with Gasteiger partial charge in [0, 0.05) is 12.2 Å². The standard InChI is InChI=1S/C17H19N3O3.ClH.Zn/c1-3-22-15-11-14(20-18)16(23-4-2)10-13(15)19-17(21)12-8-6-5-7-9-12;;/h5-11,16H,3-4H2,1-2H3,(H,19,21);1H;/q;;+2. The molecule has 0 radical (unpaired) electrons. The van der Waals surface area contributed by atoms with Gasteiger partial charge in [0.2, 0.25) is 0 Å². The number of carbonyl (C=O) groups is 1. The van der Waals surface area contributed by atoms with E-state index in [0.29, 0.717) is 35.9 Å². The first-order chi connectivity index (χ1) is 11.2. The van der Waals surface area contributed by atoms with Gasteiger partial charge in [-0.15, -0.1) is 12.4 Å². The molecule has 0 bridgehead atoms. The zero-order chi connectivity index (χ0) is 16.7. The molecule has 2 rings (SSSR count). The molecular formula is C17H20ClN3O3Zn+2. The van der Waals surface area contributed by atoms with E-state index in [9.17, 15) is 4.79 Å². The second-order valence-corrected chi connectivity index (χ2v) is 4.74. The van der Waals surface area contributed by atoms with Gasteiger partial charge in [0.1, 0.15) is 5.76 Å². The quantitative estimate of drug-likeness (QED) is 0.441. The molecule has 1 aromatic carbocycles. The summed E-state index contributed by atoms with van der Waals surface area (Å²) in [5, 5.41) is 2.82. The number of nitrogens with one attached hydrogen (secondary N) is 1. The van der Waals surface area contributed by atoms with E-state index in [-0.39, 0.29) is 37.8 Å². The van der Waals surface area contributed by atoms with E-state index in [1.165, 1.54) is 0 Å². The fourth-order valence-corrected chi connectivity index (χ4v) is 2.17. The zero-order valence-electron chi connectivity index (χ0n) is 14.3. The van der Waals surface area contributed by atoms with Crippen molar-refractivity contribution >= 4 is 24.0 Å². The van der Waals surface area contributed by atoms with E-state index in [4.69, 9.17) is 15.0 Å². The van der Waals surface area contributed by atoms with Gasteiger partial charge in [-0.25, -0.2) is 0 Å². The molecule has 0 heterocycles. The molecule has 0 aliphatic heterocycles. The number of ether oxygens (including phenoxy) is 2. The van der Waals surface area contributed by atoms with E-state index in [1.807, 2.05) is 19.9 Å². The fourth-order valence-electron chi connectivity index (χ4n) is 2.17. The van der Waals surface area contributed by atoms with E-state index < -0.39 is 6.10 Å². The third kappa shape index (κ3) is 6.22. The maximum absolute atomic E-state index is 12.3. The molecular weight excluding hydrogens is 395 g/mol. The summed E-state index contributed by atoms with van der Waals surface area (Å²) in [6, 6.07) is 8.89. The van der Waals surface area contributed by atoms with Gasteiger partial charge in [0.05, 0.1) is 18.4 Å². The summed E-state index contributed by atoms with van der Waals surface area (Å²) < 4.78 is 11.0. The summed E-state index contributed by atoms with van der Waals surface area (Å²) in [5.41, 5.74) is 10.5. The monoisotopic (exact) mass is 413 g/mol. The first-order valence-corrected chi connectivity index (χ1v) is 7.46. The van der Waals surface area contributed by atoms with E-state index >= 15 is 0 Å². The van der Waals surface area contributed by atoms with Crippen LogP contribution in [0.3, 0.4) is 0 Å². The smallest absolute Gasteiger partial charge is 0.491 e. The third-order valence-corrected chi connectivity index (χ3v) is 3.20. The second-order valence-electron chi connectivity index (χ2n) is 4.74. The molecule has 0 aromatic heterocycles. The van der Waals surface area contributed by atoms with Crippen molar-refractivity contribution in [3.63, 3.8) is 0 Å². The van der Waals surface area contributed by atoms with Crippen LogP contribution in [0.25, 0.3) is 5.53 Å². The molecule has 1 aliphatic rings. The normalized spacial score (nSPS) is 15.6. The predicted molar refractivity (Wildman–Crippen MR) is 93.0 cm³/mol. The van der Waals surface area contributed by atoms with Crippen LogP contribution >= 0.6 is 12.4 Å². The number of nitrogens with zero attached hydrogens (tertiary/aromatic N) is 2. The first-order valence-electron chi connectivity index (χ1n) is 7.46. The van der Waals surface area contributed by atoms with Crippen molar-refractivity contribution in [2.24, 2.45) is 0 Å². The Morgan fingerprint density at radius 1 is 1.24 bits per heavy atom. The fraction of sp³-hybridized carbons (Fsp3) is 0.294. The van der Waals surface area contributed by atoms with Gasteiger partial charge in [-0.3, -0.25) is 4.79 Å². The maximum Gasteiger partial charge on any atom is 2.00 e. The van der Waals surface area contributed by atoms with Crippen LogP contribution in [0.4, 0.5) is 0 Å². The average molecular weight is 415 g/mol. The van der Waals surface area contributed by atoms with E-state index in [2.05, 4.69) is 10.1 Å². The molecule has 1 aromatic rings. The van der Waals surface area contributed by atoms with Crippen LogP contribution < -0.4 is 5.32 Å². The summed E-state index contributed by atoms with van der Waals surface area (Å²) in [6.45, 7) is 4.54. The van der Waals surface area contributed by atoms with Crippen LogP contribution in [0.2, 0.25) is 0 Å². The van der Waals surface area contributed by atoms with Crippen LogP contribution in [0.1, 0.15) is 24.2 Å². The molecule has 0 saturated carbocycles. The summed E-state index contributed by atoms with van der Waals surface area (Å²) >= 11 is 0. The third-order valence-electron chi connectivity index (χ3n) is 3.20. The molecule has 0 fully saturated rings. The van der Waals surface area contributed by atoms with Gasteiger partial charge in [-0.2, -0.15) is 4.79 Å². The van der Waals surface area contributed by atoms with Crippen molar-refractivity contribution < 1.29 is 38.5 Å². The molecule has 1 atom stereocenters. The molecule has 1 amide bonds. The Balaban J connectivity index is 0.00000288. The maximum atomic E-state index is 12.3. The summed E-state index contributed by atoms with van der Waals surface area (Å²) in [4.78, 5) is 15.6. The number of halogens is 1. The number of hydrogen-bond acceptors (Lipinski definition) is 3. The molecule has 8 heteroatoms. The number of amides is 1. The SMILES string of the molecule is CCOC1=CC(=[N+]=[N-])C(OCC)C=C1NC(=O)c1ccccc1.Cl.[Zn+2]. The topological polar surface area (TPSA) is 84.0 Å². The minimum atomic E-state index is -0.541. The number of carbonyl (C=O) groups excluding carboxylic acids is 1. The minimum Gasteiger partial charge on any atom is -0.491 e. The first kappa shape index (κ1) is 23.2. The minimum absolute atomic E-state index is 0. The molecule has 6 nitrogen and oxygen atoms in total. The van der Waals surface area contributed by atoms with Gasteiger partial charge < -0.3 is 20.3 Å². The Kier molecular flexibility index (Phi) is 10.9. The Labute approximate surface area is 166 Å². The van der Waals surface area contributed by atoms with Gasteiger partial charge in [-0.05, 0) is 32.1 Å². The molecule has 0 spiro atoms. The number of benzene rings is 1. The number of hydrogen-bond donors (Lipinski definition) is 1.